The van der Waals surface area contributed by atoms with Crippen molar-refractivity contribution in [3.8, 4) is 5.75 Å². The summed E-state index contributed by atoms with van der Waals surface area (Å²) in [7, 11) is 1.19. The van der Waals surface area contributed by atoms with Gasteiger partial charge in [0.1, 0.15) is 0 Å². The summed E-state index contributed by atoms with van der Waals surface area (Å²) < 4.78 is 43.3. The molecular formula is C8H6BrF3O. The first kappa shape index (κ1) is 10.4. The predicted molar refractivity (Wildman–Crippen MR) is 45.5 cm³/mol. The van der Waals surface area contributed by atoms with E-state index in [1.807, 2.05) is 0 Å². The van der Waals surface area contributed by atoms with Crippen molar-refractivity contribution in [2.75, 3.05) is 7.11 Å². The molecule has 72 valence electrons. The first-order valence-corrected chi connectivity index (χ1v) is 4.50. The van der Waals surface area contributed by atoms with Crippen LogP contribution in [0.5, 0.6) is 5.75 Å². The molecule has 0 spiro atoms. The molecule has 1 aromatic rings. The average Bonchev–Trinajstić information content (AvgIpc) is 2.12. The summed E-state index contributed by atoms with van der Waals surface area (Å²) in [5, 5.41) is -0.0984. The normalized spacial score (nSPS) is 10.2. The largest absolute Gasteiger partial charge is 0.494 e. The molecular weight excluding hydrogens is 249 g/mol. The summed E-state index contributed by atoms with van der Waals surface area (Å²) in [6, 6.07) is 0.677. The Morgan fingerprint density at radius 2 is 1.92 bits per heavy atom. The average molecular weight is 255 g/mol. The van der Waals surface area contributed by atoms with Crippen LogP contribution in [0.15, 0.2) is 6.07 Å². The third-order valence-corrected chi connectivity index (χ3v) is 2.13. The van der Waals surface area contributed by atoms with Crippen LogP contribution in [0, 0.1) is 17.5 Å². The molecule has 0 unspecified atom stereocenters. The fourth-order valence-corrected chi connectivity index (χ4v) is 1.39. The van der Waals surface area contributed by atoms with Gasteiger partial charge in [0.15, 0.2) is 23.2 Å². The van der Waals surface area contributed by atoms with Gasteiger partial charge in [0.2, 0.25) is 0 Å². The third-order valence-electron chi connectivity index (χ3n) is 1.57. The number of halogens is 4. The van der Waals surface area contributed by atoms with Gasteiger partial charge < -0.3 is 4.74 Å². The van der Waals surface area contributed by atoms with E-state index in [1.165, 1.54) is 7.11 Å². The SMILES string of the molecule is COc1cc(F)c(F)c(CBr)c1F. The third kappa shape index (κ3) is 1.80. The Hall–Kier alpha value is -0.710. The topological polar surface area (TPSA) is 9.23 Å². The molecule has 0 aliphatic rings. The molecule has 0 radical (unpaired) electrons. The summed E-state index contributed by atoms with van der Waals surface area (Å²) in [5.74, 6) is -3.48. The molecule has 0 bridgehead atoms. The van der Waals surface area contributed by atoms with Gasteiger partial charge >= 0.3 is 0 Å². The van der Waals surface area contributed by atoms with Crippen LogP contribution in [-0.2, 0) is 5.33 Å². The standard InChI is InChI=1S/C8H6BrF3O/c1-13-6-2-5(10)7(11)4(3-9)8(6)12/h2H,3H2,1H3. The Kier molecular flexibility index (Phi) is 3.19. The van der Waals surface area contributed by atoms with E-state index in [-0.39, 0.29) is 16.6 Å². The highest BCUT2D eigenvalue weighted by atomic mass is 79.9. The number of methoxy groups -OCH3 is 1. The van der Waals surface area contributed by atoms with Gasteiger partial charge in [0, 0.05) is 17.0 Å². The lowest BCUT2D eigenvalue weighted by Gasteiger charge is -2.06. The smallest absolute Gasteiger partial charge is 0.172 e. The Labute approximate surface area is 81.6 Å². The van der Waals surface area contributed by atoms with Gasteiger partial charge in [-0.1, -0.05) is 15.9 Å². The highest BCUT2D eigenvalue weighted by molar-refractivity contribution is 9.08. The minimum Gasteiger partial charge on any atom is -0.494 e. The first-order chi connectivity index (χ1) is 6.11. The van der Waals surface area contributed by atoms with Gasteiger partial charge in [0.05, 0.1) is 7.11 Å². The van der Waals surface area contributed by atoms with E-state index in [4.69, 9.17) is 0 Å². The van der Waals surface area contributed by atoms with Crippen molar-refractivity contribution < 1.29 is 17.9 Å². The van der Waals surface area contributed by atoms with Gasteiger partial charge in [-0.25, -0.2) is 13.2 Å². The van der Waals surface area contributed by atoms with E-state index in [9.17, 15) is 13.2 Å². The van der Waals surface area contributed by atoms with Crippen LogP contribution in [-0.4, -0.2) is 7.11 Å². The molecule has 0 aliphatic carbocycles. The van der Waals surface area contributed by atoms with E-state index in [2.05, 4.69) is 20.7 Å². The van der Waals surface area contributed by atoms with Crippen molar-refractivity contribution in [3.05, 3.63) is 29.1 Å². The number of hydrogen-bond acceptors (Lipinski definition) is 1. The minimum atomic E-state index is -1.19. The number of ether oxygens (including phenoxy) is 1. The van der Waals surface area contributed by atoms with E-state index in [0.29, 0.717) is 6.07 Å². The van der Waals surface area contributed by atoms with E-state index in [0.717, 1.165) is 0 Å². The van der Waals surface area contributed by atoms with Gasteiger partial charge in [-0.05, 0) is 0 Å². The maximum Gasteiger partial charge on any atom is 0.172 e. The molecule has 13 heavy (non-hydrogen) atoms. The molecule has 0 atom stereocenters. The summed E-state index contributed by atoms with van der Waals surface area (Å²) in [5.41, 5.74) is -0.364. The number of rotatable bonds is 2. The van der Waals surface area contributed by atoms with Crippen LogP contribution in [0.4, 0.5) is 13.2 Å². The Morgan fingerprint density at radius 3 is 2.38 bits per heavy atom. The fraction of sp³-hybridized carbons (Fsp3) is 0.250. The van der Waals surface area contributed by atoms with E-state index < -0.39 is 17.5 Å². The van der Waals surface area contributed by atoms with Gasteiger partial charge in [-0.15, -0.1) is 0 Å². The molecule has 1 rings (SSSR count). The fourth-order valence-electron chi connectivity index (χ4n) is 0.897. The molecule has 0 fully saturated rings. The van der Waals surface area contributed by atoms with Crippen LogP contribution >= 0.6 is 15.9 Å². The summed E-state index contributed by atoms with van der Waals surface area (Å²) in [6.07, 6.45) is 0. The lowest BCUT2D eigenvalue weighted by molar-refractivity contribution is 0.373. The Balaban J connectivity index is 3.39. The van der Waals surface area contributed by atoms with Gasteiger partial charge in [0.25, 0.3) is 0 Å². The molecule has 1 nitrogen and oxygen atoms in total. The highest BCUT2D eigenvalue weighted by Crippen LogP contribution is 2.26. The zero-order valence-electron chi connectivity index (χ0n) is 6.70. The van der Waals surface area contributed by atoms with E-state index >= 15 is 0 Å². The molecule has 0 N–H and O–H groups in total. The van der Waals surface area contributed by atoms with Crippen LogP contribution in [0.1, 0.15) is 5.56 Å². The van der Waals surface area contributed by atoms with Crippen LogP contribution in [0.2, 0.25) is 0 Å². The quantitative estimate of drug-likeness (QED) is 0.583. The summed E-state index contributed by atoms with van der Waals surface area (Å²) >= 11 is 2.85. The van der Waals surface area contributed by atoms with Crippen molar-refractivity contribution in [2.45, 2.75) is 5.33 Å². The van der Waals surface area contributed by atoms with Crippen LogP contribution < -0.4 is 4.74 Å². The number of benzene rings is 1. The maximum absolute atomic E-state index is 13.2. The number of hydrogen-bond donors (Lipinski definition) is 0. The van der Waals surface area contributed by atoms with Crippen molar-refractivity contribution in [2.24, 2.45) is 0 Å². The monoisotopic (exact) mass is 254 g/mol. The molecule has 5 heteroatoms. The van der Waals surface area contributed by atoms with Crippen molar-refractivity contribution in [1.82, 2.24) is 0 Å². The van der Waals surface area contributed by atoms with Crippen molar-refractivity contribution in [1.29, 1.82) is 0 Å². The summed E-state index contributed by atoms with van der Waals surface area (Å²) in [4.78, 5) is 0. The Morgan fingerprint density at radius 1 is 1.31 bits per heavy atom. The van der Waals surface area contributed by atoms with E-state index in [1.54, 1.807) is 0 Å². The molecule has 0 saturated heterocycles. The molecule has 0 heterocycles. The molecule has 0 aromatic heterocycles. The highest BCUT2D eigenvalue weighted by Gasteiger charge is 2.17. The molecule has 0 amide bonds. The van der Waals surface area contributed by atoms with Crippen LogP contribution in [0.25, 0.3) is 0 Å². The van der Waals surface area contributed by atoms with Crippen LogP contribution in [0.3, 0.4) is 0 Å². The molecule has 1 aromatic carbocycles. The second-order valence-corrected chi connectivity index (χ2v) is 2.86. The van der Waals surface area contributed by atoms with Crippen molar-refractivity contribution in [3.63, 3.8) is 0 Å². The summed E-state index contributed by atoms with van der Waals surface area (Å²) in [6.45, 7) is 0. The van der Waals surface area contributed by atoms with Gasteiger partial charge in [-0.3, -0.25) is 0 Å². The Bertz CT molecular complexity index is 328. The number of alkyl halides is 1. The second-order valence-electron chi connectivity index (χ2n) is 2.30. The van der Waals surface area contributed by atoms with Crippen molar-refractivity contribution >= 4 is 15.9 Å². The first-order valence-electron chi connectivity index (χ1n) is 3.38. The molecule has 0 saturated carbocycles. The zero-order valence-corrected chi connectivity index (χ0v) is 8.29. The lowest BCUT2D eigenvalue weighted by atomic mass is 10.2. The molecule has 0 aliphatic heterocycles. The zero-order chi connectivity index (χ0) is 10.0. The van der Waals surface area contributed by atoms with Gasteiger partial charge in [-0.2, -0.15) is 0 Å². The minimum absolute atomic E-state index is 0.0984. The predicted octanol–water partition coefficient (Wildman–Crippen LogP) is 3.01. The maximum atomic E-state index is 13.2. The second kappa shape index (κ2) is 4.00. The lowest BCUT2D eigenvalue weighted by Crippen LogP contribution is -2.00.